The van der Waals surface area contributed by atoms with E-state index in [1.165, 1.54) is 12.1 Å². The number of nitrogens with two attached hydrogens (primary N) is 2. The van der Waals surface area contributed by atoms with Crippen molar-refractivity contribution in [1.29, 1.82) is 0 Å². The number of hydrogen-bond donors (Lipinski definition) is 2. The van der Waals surface area contributed by atoms with Crippen LogP contribution in [0, 0.1) is 5.82 Å². The van der Waals surface area contributed by atoms with Crippen LogP contribution in [-0.4, -0.2) is 0 Å². The molecule has 0 heterocycles. The maximum absolute atomic E-state index is 12.5. The van der Waals surface area contributed by atoms with Gasteiger partial charge in [-0.1, -0.05) is 0 Å². The Hall–Kier alpha value is -0.770. The van der Waals surface area contributed by atoms with Crippen LogP contribution in [0.2, 0.25) is 0 Å². The van der Waals surface area contributed by atoms with Gasteiger partial charge in [-0.3, -0.25) is 0 Å². The fourth-order valence-corrected chi connectivity index (χ4v) is 0.899. The van der Waals surface area contributed by atoms with E-state index in [9.17, 15) is 4.39 Å². The standard InChI is InChI=1S/C6H6BrFN2/c7-3-1-4(8)6(10)2-5(3)9/h1-2H,9-10H2. The molecular weight excluding hydrogens is 199 g/mol. The smallest absolute Gasteiger partial charge is 0.147 e. The Morgan fingerprint density at radius 3 is 2.30 bits per heavy atom. The summed E-state index contributed by atoms with van der Waals surface area (Å²) in [5.74, 6) is -0.457. The van der Waals surface area contributed by atoms with Crippen LogP contribution in [0.1, 0.15) is 0 Å². The molecule has 0 saturated heterocycles. The lowest BCUT2D eigenvalue weighted by Gasteiger charge is -1.99. The number of nitrogen functional groups attached to an aromatic ring is 2. The van der Waals surface area contributed by atoms with Gasteiger partial charge < -0.3 is 11.5 Å². The minimum Gasteiger partial charge on any atom is -0.398 e. The van der Waals surface area contributed by atoms with E-state index < -0.39 is 5.82 Å². The summed E-state index contributed by atoms with van der Waals surface area (Å²) in [7, 11) is 0. The third-order valence-electron chi connectivity index (χ3n) is 1.12. The molecule has 1 aromatic carbocycles. The summed E-state index contributed by atoms with van der Waals surface area (Å²) >= 11 is 3.06. The second-order valence-corrected chi connectivity index (χ2v) is 2.75. The average molecular weight is 205 g/mol. The van der Waals surface area contributed by atoms with E-state index in [0.29, 0.717) is 10.2 Å². The summed E-state index contributed by atoms with van der Waals surface area (Å²) in [4.78, 5) is 0. The molecular formula is C6H6BrFN2. The van der Waals surface area contributed by atoms with E-state index in [4.69, 9.17) is 11.5 Å². The quantitative estimate of drug-likeness (QED) is 0.634. The van der Waals surface area contributed by atoms with Gasteiger partial charge in [0.15, 0.2) is 0 Å². The summed E-state index contributed by atoms with van der Waals surface area (Å²) in [6.07, 6.45) is 0. The Morgan fingerprint density at radius 2 is 1.80 bits per heavy atom. The number of benzene rings is 1. The van der Waals surface area contributed by atoms with E-state index in [0.717, 1.165) is 0 Å². The van der Waals surface area contributed by atoms with E-state index in [-0.39, 0.29) is 5.69 Å². The van der Waals surface area contributed by atoms with Crippen molar-refractivity contribution in [1.82, 2.24) is 0 Å². The van der Waals surface area contributed by atoms with Gasteiger partial charge in [-0.15, -0.1) is 0 Å². The Labute approximate surface area is 66.1 Å². The zero-order valence-corrected chi connectivity index (χ0v) is 6.65. The first-order chi connectivity index (χ1) is 4.61. The molecule has 4 heteroatoms. The van der Waals surface area contributed by atoms with Crippen molar-refractivity contribution in [2.24, 2.45) is 0 Å². The molecule has 0 fully saturated rings. The van der Waals surface area contributed by atoms with Gasteiger partial charge in [0, 0.05) is 10.2 Å². The lowest BCUT2D eigenvalue weighted by atomic mass is 10.3. The molecule has 2 nitrogen and oxygen atoms in total. The SMILES string of the molecule is Nc1cc(N)c(Br)cc1F. The third kappa shape index (κ3) is 1.21. The van der Waals surface area contributed by atoms with E-state index in [1.54, 1.807) is 0 Å². The van der Waals surface area contributed by atoms with E-state index >= 15 is 0 Å². The van der Waals surface area contributed by atoms with Crippen molar-refractivity contribution in [3.63, 3.8) is 0 Å². The van der Waals surface area contributed by atoms with Crippen LogP contribution in [0.15, 0.2) is 16.6 Å². The van der Waals surface area contributed by atoms with Crippen molar-refractivity contribution in [2.45, 2.75) is 0 Å². The Balaban J connectivity index is 3.28. The maximum atomic E-state index is 12.5. The van der Waals surface area contributed by atoms with Crippen LogP contribution >= 0.6 is 15.9 Å². The highest BCUT2D eigenvalue weighted by molar-refractivity contribution is 9.10. The summed E-state index contributed by atoms with van der Waals surface area (Å²) in [5.41, 5.74) is 11.1. The van der Waals surface area contributed by atoms with Gasteiger partial charge in [0.25, 0.3) is 0 Å². The Kier molecular flexibility index (Phi) is 1.80. The van der Waals surface area contributed by atoms with Gasteiger partial charge in [0.1, 0.15) is 5.82 Å². The molecule has 0 aromatic heterocycles. The van der Waals surface area contributed by atoms with Gasteiger partial charge in [-0.25, -0.2) is 4.39 Å². The fourth-order valence-electron chi connectivity index (χ4n) is 0.583. The predicted molar refractivity (Wildman–Crippen MR) is 42.9 cm³/mol. The summed E-state index contributed by atoms with van der Waals surface area (Å²) in [6.45, 7) is 0. The monoisotopic (exact) mass is 204 g/mol. The summed E-state index contributed by atoms with van der Waals surface area (Å²) < 4.78 is 13.1. The minimum absolute atomic E-state index is 0.0701. The number of anilines is 2. The van der Waals surface area contributed by atoms with E-state index in [2.05, 4.69) is 15.9 Å². The molecule has 0 aliphatic carbocycles. The molecule has 0 saturated carbocycles. The number of halogens is 2. The lowest BCUT2D eigenvalue weighted by molar-refractivity contribution is 0.632. The largest absolute Gasteiger partial charge is 0.398 e. The second kappa shape index (κ2) is 2.46. The highest BCUT2D eigenvalue weighted by Crippen LogP contribution is 2.23. The van der Waals surface area contributed by atoms with Gasteiger partial charge in [0.2, 0.25) is 0 Å². The molecule has 0 aliphatic heterocycles. The molecule has 10 heavy (non-hydrogen) atoms. The number of rotatable bonds is 0. The molecule has 1 aromatic rings. The summed E-state index contributed by atoms with van der Waals surface area (Å²) in [6, 6.07) is 2.62. The molecule has 0 unspecified atom stereocenters. The first kappa shape index (κ1) is 7.34. The molecule has 4 N–H and O–H groups in total. The Morgan fingerprint density at radius 1 is 1.20 bits per heavy atom. The van der Waals surface area contributed by atoms with Crippen LogP contribution in [0.25, 0.3) is 0 Å². The van der Waals surface area contributed by atoms with Crippen molar-refractivity contribution in [3.8, 4) is 0 Å². The van der Waals surface area contributed by atoms with Gasteiger partial charge >= 0.3 is 0 Å². The molecule has 0 aliphatic rings. The van der Waals surface area contributed by atoms with Crippen LogP contribution in [-0.2, 0) is 0 Å². The molecule has 0 radical (unpaired) electrons. The van der Waals surface area contributed by atoms with Crippen molar-refractivity contribution in [3.05, 3.63) is 22.4 Å². The molecule has 0 atom stereocenters. The predicted octanol–water partition coefficient (Wildman–Crippen LogP) is 1.75. The first-order valence-corrected chi connectivity index (χ1v) is 3.40. The summed E-state index contributed by atoms with van der Waals surface area (Å²) in [5, 5.41) is 0. The van der Waals surface area contributed by atoms with Gasteiger partial charge in [-0.2, -0.15) is 0 Å². The Bertz CT molecular complexity index is 212. The van der Waals surface area contributed by atoms with Crippen molar-refractivity contribution in [2.75, 3.05) is 11.5 Å². The fraction of sp³-hybridized carbons (Fsp3) is 0. The number of hydrogen-bond acceptors (Lipinski definition) is 2. The average Bonchev–Trinajstić information content (AvgIpc) is 1.84. The molecule has 0 bridgehead atoms. The first-order valence-electron chi connectivity index (χ1n) is 2.61. The van der Waals surface area contributed by atoms with Crippen LogP contribution in [0.4, 0.5) is 15.8 Å². The second-order valence-electron chi connectivity index (χ2n) is 1.90. The highest BCUT2D eigenvalue weighted by atomic mass is 79.9. The normalized spacial score (nSPS) is 9.80. The van der Waals surface area contributed by atoms with Crippen LogP contribution < -0.4 is 11.5 Å². The van der Waals surface area contributed by atoms with Crippen LogP contribution in [0.5, 0.6) is 0 Å². The molecule has 54 valence electrons. The van der Waals surface area contributed by atoms with Gasteiger partial charge in [0.05, 0.1) is 5.69 Å². The lowest BCUT2D eigenvalue weighted by Crippen LogP contribution is -1.94. The molecule has 0 amide bonds. The van der Waals surface area contributed by atoms with E-state index in [1.807, 2.05) is 0 Å². The zero-order valence-electron chi connectivity index (χ0n) is 5.07. The van der Waals surface area contributed by atoms with Crippen molar-refractivity contribution >= 4 is 27.3 Å². The molecule has 0 spiro atoms. The minimum atomic E-state index is -0.457. The highest BCUT2D eigenvalue weighted by Gasteiger charge is 2.01. The third-order valence-corrected chi connectivity index (χ3v) is 1.80. The maximum Gasteiger partial charge on any atom is 0.147 e. The van der Waals surface area contributed by atoms with Crippen LogP contribution in [0.3, 0.4) is 0 Å². The van der Waals surface area contributed by atoms with Gasteiger partial charge in [-0.05, 0) is 28.1 Å². The van der Waals surface area contributed by atoms with Crippen molar-refractivity contribution < 1.29 is 4.39 Å². The molecule has 1 rings (SSSR count). The zero-order chi connectivity index (χ0) is 7.72. The topological polar surface area (TPSA) is 52.0 Å².